The number of methoxy groups -OCH3 is 1. The summed E-state index contributed by atoms with van der Waals surface area (Å²) in [6.45, 7) is 4.89. The lowest BCUT2D eigenvalue weighted by molar-refractivity contribution is -0.120. The summed E-state index contributed by atoms with van der Waals surface area (Å²) in [5.41, 5.74) is 2.00. The quantitative estimate of drug-likeness (QED) is 0.853. The summed E-state index contributed by atoms with van der Waals surface area (Å²) in [6.07, 6.45) is 1.14. The molecular weight excluding hydrogens is 296 g/mol. The first-order valence-electron chi connectivity index (χ1n) is 7.42. The molecule has 0 aliphatic carbocycles. The van der Waals surface area contributed by atoms with Crippen molar-refractivity contribution >= 4 is 17.2 Å². The van der Waals surface area contributed by atoms with E-state index < -0.39 is 0 Å². The van der Waals surface area contributed by atoms with Gasteiger partial charge < -0.3 is 10.1 Å². The van der Waals surface area contributed by atoms with Crippen LogP contribution in [-0.2, 0) is 17.6 Å². The Hall–Kier alpha value is -1.88. The molecule has 5 heteroatoms. The standard InChI is InChI=1S/C17H22N2O2S/c1-12(2)17-19-14(11-22-17)7-8-18-16(20)10-13-5-4-6-15(9-13)21-3/h4-6,9,11-12H,7-8,10H2,1-3H3,(H,18,20). The van der Waals surface area contributed by atoms with Crippen LogP contribution in [-0.4, -0.2) is 24.5 Å². The van der Waals surface area contributed by atoms with Gasteiger partial charge in [-0.15, -0.1) is 11.3 Å². The average molecular weight is 318 g/mol. The van der Waals surface area contributed by atoms with Crippen molar-refractivity contribution in [3.63, 3.8) is 0 Å². The molecule has 0 fully saturated rings. The summed E-state index contributed by atoms with van der Waals surface area (Å²) in [5.74, 6) is 1.25. The van der Waals surface area contributed by atoms with Crippen molar-refractivity contribution in [3.05, 3.63) is 45.9 Å². The molecule has 0 radical (unpaired) electrons. The second kappa shape index (κ2) is 7.94. The number of carbonyl (C=O) groups excluding carboxylic acids is 1. The maximum absolute atomic E-state index is 11.9. The topological polar surface area (TPSA) is 51.2 Å². The lowest BCUT2D eigenvalue weighted by Crippen LogP contribution is -2.27. The van der Waals surface area contributed by atoms with E-state index in [4.69, 9.17) is 4.74 Å². The van der Waals surface area contributed by atoms with Crippen molar-refractivity contribution in [1.29, 1.82) is 0 Å². The lowest BCUT2D eigenvalue weighted by atomic mass is 10.1. The van der Waals surface area contributed by atoms with E-state index in [-0.39, 0.29) is 5.91 Å². The molecule has 0 saturated heterocycles. The zero-order valence-electron chi connectivity index (χ0n) is 13.3. The van der Waals surface area contributed by atoms with Gasteiger partial charge in [0.1, 0.15) is 5.75 Å². The maximum atomic E-state index is 11.9. The zero-order chi connectivity index (χ0) is 15.9. The van der Waals surface area contributed by atoms with E-state index in [2.05, 4.69) is 29.5 Å². The molecule has 118 valence electrons. The highest BCUT2D eigenvalue weighted by Gasteiger charge is 2.07. The predicted octanol–water partition coefficient (Wildman–Crippen LogP) is 3.18. The molecule has 2 aromatic rings. The first-order valence-corrected chi connectivity index (χ1v) is 8.30. The third-order valence-electron chi connectivity index (χ3n) is 3.27. The third kappa shape index (κ3) is 4.84. The van der Waals surface area contributed by atoms with Gasteiger partial charge in [0.2, 0.25) is 5.91 Å². The molecule has 22 heavy (non-hydrogen) atoms. The maximum Gasteiger partial charge on any atom is 0.224 e. The van der Waals surface area contributed by atoms with Gasteiger partial charge in [-0.25, -0.2) is 4.98 Å². The van der Waals surface area contributed by atoms with Crippen LogP contribution in [0.4, 0.5) is 0 Å². The van der Waals surface area contributed by atoms with Gasteiger partial charge in [-0.1, -0.05) is 26.0 Å². The molecule has 1 amide bonds. The molecule has 1 N–H and O–H groups in total. The molecule has 0 unspecified atom stereocenters. The van der Waals surface area contributed by atoms with Crippen molar-refractivity contribution in [3.8, 4) is 5.75 Å². The molecule has 0 aliphatic rings. The normalized spacial score (nSPS) is 10.7. The van der Waals surface area contributed by atoms with Gasteiger partial charge in [0.25, 0.3) is 0 Å². The van der Waals surface area contributed by atoms with Crippen LogP contribution in [0, 0.1) is 0 Å². The Morgan fingerprint density at radius 3 is 2.91 bits per heavy atom. The Kier molecular flexibility index (Phi) is 5.95. The predicted molar refractivity (Wildman–Crippen MR) is 89.6 cm³/mol. The minimum absolute atomic E-state index is 0.0209. The van der Waals surface area contributed by atoms with E-state index >= 15 is 0 Å². The Labute approximate surface area is 135 Å². The largest absolute Gasteiger partial charge is 0.497 e. The number of rotatable bonds is 7. The van der Waals surface area contributed by atoms with Crippen molar-refractivity contribution in [2.75, 3.05) is 13.7 Å². The molecule has 0 bridgehead atoms. The fourth-order valence-electron chi connectivity index (χ4n) is 2.06. The molecule has 1 heterocycles. The van der Waals surface area contributed by atoms with E-state index in [0.717, 1.165) is 28.4 Å². The number of hydrogen-bond donors (Lipinski definition) is 1. The number of aromatic nitrogens is 1. The summed E-state index contributed by atoms with van der Waals surface area (Å²) in [6, 6.07) is 7.58. The first kappa shape index (κ1) is 16.5. The lowest BCUT2D eigenvalue weighted by Gasteiger charge is -2.06. The third-order valence-corrected chi connectivity index (χ3v) is 4.46. The Morgan fingerprint density at radius 2 is 2.23 bits per heavy atom. The minimum atomic E-state index is 0.0209. The molecular formula is C17H22N2O2S. The molecule has 0 spiro atoms. The number of amides is 1. The Balaban J connectivity index is 1.77. The summed E-state index contributed by atoms with van der Waals surface area (Å²) in [4.78, 5) is 16.5. The zero-order valence-corrected chi connectivity index (χ0v) is 14.1. The van der Waals surface area contributed by atoms with Crippen LogP contribution in [0.2, 0.25) is 0 Å². The number of hydrogen-bond acceptors (Lipinski definition) is 4. The number of thiazole rings is 1. The first-order chi connectivity index (χ1) is 10.6. The Morgan fingerprint density at radius 1 is 1.41 bits per heavy atom. The number of nitrogens with one attached hydrogen (secondary N) is 1. The van der Waals surface area contributed by atoms with Crippen LogP contribution < -0.4 is 10.1 Å². The van der Waals surface area contributed by atoms with Crippen LogP contribution in [0.1, 0.15) is 36.0 Å². The number of benzene rings is 1. The number of nitrogens with zero attached hydrogens (tertiary/aromatic N) is 1. The monoisotopic (exact) mass is 318 g/mol. The summed E-state index contributed by atoms with van der Waals surface area (Å²) in [7, 11) is 1.62. The van der Waals surface area contributed by atoms with Crippen LogP contribution in [0.3, 0.4) is 0 Å². The highest BCUT2D eigenvalue weighted by molar-refractivity contribution is 7.09. The van der Waals surface area contributed by atoms with E-state index in [1.807, 2.05) is 24.3 Å². The van der Waals surface area contributed by atoms with Crippen LogP contribution in [0.25, 0.3) is 0 Å². The van der Waals surface area contributed by atoms with Gasteiger partial charge in [0.05, 0.1) is 24.2 Å². The summed E-state index contributed by atoms with van der Waals surface area (Å²) >= 11 is 1.69. The smallest absolute Gasteiger partial charge is 0.224 e. The van der Waals surface area contributed by atoms with E-state index in [1.165, 1.54) is 0 Å². The molecule has 1 aromatic heterocycles. The van der Waals surface area contributed by atoms with Gasteiger partial charge in [-0.2, -0.15) is 0 Å². The average Bonchev–Trinajstić information content (AvgIpc) is 2.96. The van der Waals surface area contributed by atoms with Gasteiger partial charge in [-0.05, 0) is 17.7 Å². The van der Waals surface area contributed by atoms with Crippen molar-refractivity contribution in [1.82, 2.24) is 10.3 Å². The SMILES string of the molecule is COc1cccc(CC(=O)NCCc2csc(C(C)C)n2)c1. The second-order valence-corrected chi connectivity index (χ2v) is 6.35. The highest BCUT2D eigenvalue weighted by atomic mass is 32.1. The van der Waals surface area contributed by atoms with Crippen LogP contribution in [0.15, 0.2) is 29.6 Å². The van der Waals surface area contributed by atoms with E-state index in [1.54, 1.807) is 18.4 Å². The molecule has 0 aliphatic heterocycles. The molecule has 2 rings (SSSR count). The fraction of sp³-hybridized carbons (Fsp3) is 0.412. The fourth-order valence-corrected chi connectivity index (χ4v) is 2.93. The van der Waals surface area contributed by atoms with E-state index in [0.29, 0.717) is 18.9 Å². The van der Waals surface area contributed by atoms with Gasteiger partial charge >= 0.3 is 0 Å². The van der Waals surface area contributed by atoms with Gasteiger partial charge in [0, 0.05) is 24.3 Å². The summed E-state index contributed by atoms with van der Waals surface area (Å²) in [5, 5.41) is 6.16. The molecule has 4 nitrogen and oxygen atoms in total. The number of carbonyl (C=O) groups is 1. The van der Waals surface area contributed by atoms with Crippen molar-refractivity contribution in [2.24, 2.45) is 0 Å². The van der Waals surface area contributed by atoms with Crippen molar-refractivity contribution < 1.29 is 9.53 Å². The van der Waals surface area contributed by atoms with Crippen LogP contribution in [0.5, 0.6) is 5.75 Å². The second-order valence-electron chi connectivity index (χ2n) is 5.46. The van der Waals surface area contributed by atoms with Crippen molar-refractivity contribution in [2.45, 2.75) is 32.6 Å². The Bertz CT molecular complexity index is 623. The molecule has 0 atom stereocenters. The highest BCUT2D eigenvalue weighted by Crippen LogP contribution is 2.19. The molecule has 1 aromatic carbocycles. The minimum Gasteiger partial charge on any atom is -0.497 e. The summed E-state index contributed by atoms with van der Waals surface area (Å²) < 4.78 is 5.16. The molecule has 0 saturated carbocycles. The van der Waals surface area contributed by atoms with Gasteiger partial charge in [0.15, 0.2) is 0 Å². The van der Waals surface area contributed by atoms with Gasteiger partial charge in [-0.3, -0.25) is 4.79 Å². The van der Waals surface area contributed by atoms with Crippen LogP contribution >= 0.6 is 11.3 Å². The number of ether oxygens (including phenoxy) is 1. The van der Waals surface area contributed by atoms with E-state index in [9.17, 15) is 4.79 Å².